The normalized spacial score (nSPS) is 15.6. The number of allylic oxidation sites excluding steroid dienone is 2. The Labute approximate surface area is 225 Å². The molecule has 9 nitrogen and oxygen atoms in total. The highest BCUT2D eigenvalue weighted by Gasteiger charge is 2.47. The molecular formula is C22H34F6N2O7S2. The van der Waals surface area contributed by atoms with Crippen molar-refractivity contribution in [2.75, 3.05) is 52.6 Å². The van der Waals surface area contributed by atoms with E-state index in [2.05, 4.69) is 26.3 Å². The average molecular weight is 617 g/mol. The summed E-state index contributed by atoms with van der Waals surface area (Å²) >= 11 is 0. The molecule has 0 aromatic rings. The van der Waals surface area contributed by atoms with Crippen molar-refractivity contribution in [1.29, 1.82) is 0 Å². The summed E-state index contributed by atoms with van der Waals surface area (Å²) in [7, 11) is -13.4. The van der Waals surface area contributed by atoms with Crippen LogP contribution in [0.25, 0.3) is 4.13 Å². The minimum absolute atomic E-state index is 0.521. The van der Waals surface area contributed by atoms with Crippen LogP contribution < -0.4 is 0 Å². The molecule has 0 amide bonds. The third-order valence-corrected chi connectivity index (χ3v) is 8.04. The van der Waals surface area contributed by atoms with Gasteiger partial charge in [-0.05, 0) is 25.0 Å². The van der Waals surface area contributed by atoms with Crippen LogP contribution in [0.5, 0.6) is 0 Å². The van der Waals surface area contributed by atoms with Crippen LogP contribution in [0.15, 0.2) is 49.0 Å². The minimum atomic E-state index is -6.72. The van der Waals surface area contributed by atoms with E-state index in [1.165, 1.54) is 25.9 Å². The van der Waals surface area contributed by atoms with Gasteiger partial charge in [-0.15, -0.1) is 0 Å². The number of nitrogens with zero attached hydrogens (tertiary/aromatic N) is 2. The van der Waals surface area contributed by atoms with Crippen molar-refractivity contribution in [2.45, 2.75) is 37.7 Å². The van der Waals surface area contributed by atoms with E-state index in [0.717, 1.165) is 39.5 Å². The summed E-state index contributed by atoms with van der Waals surface area (Å²) < 4.78 is 127. The smallest absolute Gasteiger partial charge is 0.480 e. The molecule has 0 unspecified atom stereocenters. The van der Waals surface area contributed by atoms with Crippen molar-refractivity contribution in [3.8, 4) is 0 Å². The Morgan fingerprint density at radius 2 is 1.10 bits per heavy atom. The van der Waals surface area contributed by atoms with E-state index in [1.54, 1.807) is 0 Å². The summed E-state index contributed by atoms with van der Waals surface area (Å²) in [5, 5.41) is 0. The summed E-state index contributed by atoms with van der Waals surface area (Å²) in [5.74, 6) is 1.33. The van der Waals surface area contributed by atoms with Crippen molar-refractivity contribution in [1.82, 2.24) is 0 Å². The van der Waals surface area contributed by atoms with E-state index in [1.807, 2.05) is 13.8 Å². The van der Waals surface area contributed by atoms with Crippen molar-refractivity contribution in [3.05, 3.63) is 53.1 Å². The molecule has 228 valence electrons. The van der Waals surface area contributed by atoms with Gasteiger partial charge in [0.15, 0.2) is 20.0 Å². The molecule has 1 heterocycles. The molecule has 39 heavy (non-hydrogen) atoms. The molecule has 1 aliphatic rings. The molecule has 1 saturated heterocycles. The molecule has 0 radical (unpaired) electrons. The molecule has 1 aliphatic heterocycles. The second kappa shape index (κ2) is 15.1. The first-order valence-corrected chi connectivity index (χ1v) is 14.2. The van der Waals surface area contributed by atoms with Gasteiger partial charge in [-0.2, -0.15) is 26.3 Å². The minimum Gasteiger partial charge on any atom is -0.492 e. The molecule has 0 aromatic carbocycles. The van der Waals surface area contributed by atoms with Crippen molar-refractivity contribution < 1.29 is 61.9 Å². The van der Waals surface area contributed by atoms with Crippen LogP contribution in [0, 0.1) is 0 Å². The topological polar surface area (TPSA) is 110 Å². The van der Waals surface area contributed by atoms with E-state index in [9.17, 15) is 43.2 Å². The van der Waals surface area contributed by atoms with Crippen molar-refractivity contribution in [3.63, 3.8) is 0 Å². The summed E-state index contributed by atoms with van der Waals surface area (Å²) in [6, 6.07) is 0. The maximum absolute atomic E-state index is 11.4. The van der Waals surface area contributed by atoms with Crippen LogP contribution >= 0.6 is 0 Å². The van der Waals surface area contributed by atoms with E-state index in [4.69, 9.17) is 14.2 Å². The predicted molar refractivity (Wildman–Crippen MR) is 133 cm³/mol. The van der Waals surface area contributed by atoms with E-state index in [-0.39, 0.29) is 0 Å². The van der Waals surface area contributed by atoms with Gasteiger partial charge in [0.05, 0.1) is 26.3 Å². The summed E-state index contributed by atoms with van der Waals surface area (Å²) in [6.45, 7) is 26.1. The lowest BCUT2D eigenvalue weighted by atomic mass is 10.3. The molecule has 0 spiro atoms. The van der Waals surface area contributed by atoms with Crippen LogP contribution in [-0.4, -0.2) is 84.9 Å². The lowest BCUT2D eigenvalue weighted by molar-refractivity contribution is -0.917. The first kappa shape index (κ1) is 36.9. The highest BCUT2D eigenvalue weighted by Crippen LogP contribution is 2.36. The molecular weight excluding hydrogens is 582 g/mol. The fourth-order valence-electron chi connectivity index (χ4n) is 2.97. The maximum atomic E-state index is 11.4. The van der Waals surface area contributed by atoms with E-state index >= 15 is 0 Å². The fraction of sp³-hybridized carbons (Fsp3) is 0.636. The second-order valence-electron chi connectivity index (χ2n) is 8.58. The molecule has 0 N–H and O–H groups in total. The van der Waals surface area contributed by atoms with Crippen LogP contribution in [0.2, 0.25) is 0 Å². The summed E-state index contributed by atoms with van der Waals surface area (Å²) in [6.07, 6.45) is 2.56. The average Bonchev–Trinajstić information content (AvgIpc) is 3.22. The second-order valence-corrected chi connectivity index (χ2v) is 12.0. The highest BCUT2D eigenvalue weighted by atomic mass is 32.3. The monoisotopic (exact) mass is 616 g/mol. The molecule has 1 rings (SSSR count). The van der Waals surface area contributed by atoms with Gasteiger partial charge in [0, 0.05) is 12.8 Å². The Morgan fingerprint density at radius 1 is 0.718 bits per heavy atom. The van der Waals surface area contributed by atoms with Gasteiger partial charge in [-0.1, -0.05) is 26.3 Å². The van der Waals surface area contributed by atoms with Crippen LogP contribution in [0.1, 0.15) is 26.7 Å². The van der Waals surface area contributed by atoms with Gasteiger partial charge < -0.3 is 22.8 Å². The molecule has 17 heteroatoms. The summed E-state index contributed by atoms with van der Waals surface area (Å²) in [5.41, 5.74) is -10.7. The predicted octanol–water partition coefficient (Wildman–Crippen LogP) is 4.89. The van der Waals surface area contributed by atoms with Gasteiger partial charge in [0.1, 0.15) is 37.8 Å². The zero-order valence-corrected chi connectivity index (χ0v) is 23.4. The first-order valence-electron chi connectivity index (χ1n) is 11.3. The van der Waals surface area contributed by atoms with Crippen molar-refractivity contribution >= 4 is 20.0 Å². The van der Waals surface area contributed by atoms with Crippen LogP contribution in [0.4, 0.5) is 26.3 Å². The molecule has 0 aromatic heterocycles. The van der Waals surface area contributed by atoms with Gasteiger partial charge in [-0.3, -0.25) is 0 Å². The van der Waals surface area contributed by atoms with Crippen molar-refractivity contribution in [2.24, 2.45) is 0 Å². The molecule has 0 bridgehead atoms. The highest BCUT2D eigenvalue weighted by molar-refractivity contribution is 8.13. The zero-order valence-electron chi connectivity index (χ0n) is 21.7. The maximum Gasteiger partial charge on any atom is 0.480 e. The summed E-state index contributed by atoms with van der Waals surface area (Å²) in [4.78, 5) is 0. The number of rotatable bonds is 15. The van der Waals surface area contributed by atoms with Gasteiger partial charge in [0.25, 0.3) is 0 Å². The Kier molecular flexibility index (Phi) is 14.3. The Balaban J connectivity index is 0.000000830. The van der Waals surface area contributed by atoms with E-state index in [0.29, 0.717) is 31.3 Å². The van der Waals surface area contributed by atoms with Crippen LogP contribution in [0.3, 0.4) is 0 Å². The van der Waals surface area contributed by atoms with E-state index < -0.39 is 31.1 Å². The third-order valence-electron chi connectivity index (χ3n) is 5.30. The number of quaternary nitrogens is 1. The number of alkyl halides is 6. The van der Waals surface area contributed by atoms with Gasteiger partial charge >= 0.3 is 11.0 Å². The molecule has 0 atom stereocenters. The lowest BCUT2D eigenvalue weighted by Gasteiger charge is -2.34. The Morgan fingerprint density at radius 3 is 1.49 bits per heavy atom. The Bertz CT molecular complexity index is 1040. The number of ether oxygens (including phenoxy) is 3. The van der Waals surface area contributed by atoms with Crippen LogP contribution in [-0.2, 0) is 34.3 Å². The fourth-order valence-corrected chi connectivity index (χ4v) is 4.68. The third kappa shape index (κ3) is 13.2. The van der Waals surface area contributed by atoms with Gasteiger partial charge in [0.2, 0.25) is 0 Å². The number of likely N-dealkylation sites (tertiary alicyclic amines) is 1. The SMILES string of the molecule is C=C(C)C(=C)OCCOCC[N+]1(CCOC(=C)C(=C)C)CCCC1.O=S(=O)([N-]S(=O)(=O)C(F)(F)F)C(F)(F)F. The molecule has 1 fully saturated rings. The number of sulfonamides is 2. The van der Waals surface area contributed by atoms with Gasteiger partial charge in [-0.25, -0.2) is 16.8 Å². The standard InChI is InChI=1S/C20H34NO3.C2F6NO4S2/c1-17(2)19(5)23-14-12-21(9-7-8-10-21)11-13-22-15-16-24-20(6)18(3)4;3-1(4,5)14(10,11)9-15(12,13)2(6,7)8/h1,3,5-16H2,2,4H3;/q+1;-1. The lowest BCUT2D eigenvalue weighted by Crippen LogP contribution is -2.49. The molecule has 0 saturated carbocycles. The Hall–Kier alpha value is -2.08. The largest absolute Gasteiger partial charge is 0.492 e. The number of hydrogen-bond donors (Lipinski definition) is 0. The number of halogens is 6. The quantitative estimate of drug-likeness (QED) is 0.0848. The number of hydrogen-bond acceptors (Lipinski definition) is 7. The molecule has 0 aliphatic carbocycles. The zero-order chi connectivity index (χ0) is 30.7. The first-order chi connectivity index (χ1) is 17.6.